The summed E-state index contributed by atoms with van der Waals surface area (Å²) in [5, 5.41) is 27.1. The number of amides is 1. The van der Waals surface area contributed by atoms with Crippen LogP contribution in [0.25, 0.3) is 11.1 Å². The molecule has 3 rings (SSSR count). The number of carboxylic acids is 1. The van der Waals surface area contributed by atoms with Gasteiger partial charge >= 0.3 is 5.97 Å². The molecule has 0 bridgehead atoms. The second-order valence-electron chi connectivity index (χ2n) is 6.42. The molecule has 1 atom stereocenters. The van der Waals surface area contributed by atoms with Gasteiger partial charge in [-0.15, -0.1) is 0 Å². The number of rotatable bonds is 8. The van der Waals surface area contributed by atoms with Gasteiger partial charge in [-0.3, -0.25) is 9.89 Å². The molecule has 0 aliphatic heterocycles. The first-order chi connectivity index (χ1) is 13.6. The second-order valence-corrected chi connectivity index (χ2v) is 6.42. The van der Waals surface area contributed by atoms with E-state index in [1.807, 2.05) is 54.6 Å². The molecule has 2 aromatic carbocycles. The number of aliphatic hydroxyl groups excluding tert-OH is 1. The summed E-state index contributed by atoms with van der Waals surface area (Å²) in [5.74, 6) is -1.67. The first-order valence-electron chi connectivity index (χ1n) is 8.91. The van der Waals surface area contributed by atoms with Crippen molar-refractivity contribution in [3.05, 3.63) is 77.6 Å². The predicted octanol–water partition coefficient (Wildman–Crippen LogP) is 2.50. The second kappa shape index (κ2) is 8.96. The maximum Gasteiger partial charge on any atom is 0.353 e. The maximum atomic E-state index is 12.3. The van der Waals surface area contributed by atoms with E-state index in [0.29, 0.717) is 12.8 Å². The van der Waals surface area contributed by atoms with E-state index in [9.17, 15) is 14.7 Å². The Hall–Kier alpha value is -3.45. The largest absolute Gasteiger partial charge is 0.477 e. The van der Waals surface area contributed by atoms with Crippen LogP contribution in [0.15, 0.2) is 60.7 Å². The lowest BCUT2D eigenvalue weighted by atomic mass is 9.99. The van der Waals surface area contributed by atoms with E-state index in [1.165, 1.54) is 6.07 Å². The Morgan fingerprint density at radius 3 is 2.32 bits per heavy atom. The number of carbonyl (C=O) groups is 2. The van der Waals surface area contributed by atoms with Gasteiger partial charge in [-0.1, -0.05) is 54.6 Å². The van der Waals surface area contributed by atoms with Crippen LogP contribution in [0.3, 0.4) is 0 Å². The Labute approximate surface area is 162 Å². The smallest absolute Gasteiger partial charge is 0.353 e. The molecule has 0 saturated carbocycles. The van der Waals surface area contributed by atoms with Gasteiger partial charge in [0.25, 0.3) is 5.91 Å². The van der Waals surface area contributed by atoms with Crippen molar-refractivity contribution in [2.24, 2.45) is 0 Å². The van der Waals surface area contributed by atoms with E-state index in [1.54, 1.807) is 0 Å². The topological polar surface area (TPSA) is 115 Å². The van der Waals surface area contributed by atoms with Crippen LogP contribution < -0.4 is 5.32 Å². The molecule has 1 heterocycles. The monoisotopic (exact) mass is 379 g/mol. The van der Waals surface area contributed by atoms with Gasteiger partial charge in [0.2, 0.25) is 0 Å². The summed E-state index contributed by atoms with van der Waals surface area (Å²) < 4.78 is 0. The molecular weight excluding hydrogens is 358 g/mol. The lowest BCUT2D eigenvalue weighted by Gasteiger charge is -2.17. The van der Waals surface area contributed by atoms with E-state index in [-0.39, 0.29) is 24.0 Å². The van der Waals surface area contributed by atoms with Crippen LogP contribution in [0.2, 0.25) is 0 Å². The van der Waals surface area contributed by atoms with Crippen molar-refractivity contribution >= 4 is 11.9 Å². The molecule has 7 nitrogen and oxygen atoms in total. The number of benzene rings is 2. The van der Waals surface area contributed by atoms with Crippen LogP contribution in [0.4, 0.5) is 0 Å². The molecule has 0 fully saturated rings. The number of hydrogen-bond donors (Lipinski definition) is 4. The highest BCUT2D eigenvalue weighted by Gasteiger charge is 2.18. The number of carbonyl (C=O) groups excluding carboxylic acids is 1. The van der Waals surface area contributed by atoms with Crippen LogP contribution in [0, 0.1) is 0 Å². The predicted molar refractivity (Wildman–Crippen MR) is 104 cm³/mol. The average Bonchev–Trinajstić information content (AvgIpc) is 3.20. The number of aromatic amines is 1. The molecule has 7 heteroatoms. The first kappa shape index (κ1) is 19.3. The highest BCUT2D eigenvalue weighted by atomic mass is 16.4. The quantitative estimate of drug-likeness (QED) is 0.480. The van der Waals surface area contributed by atoms with Gasteiger partial charge < -0.3 is 15.5 Å². The summed E-state index contributed by atoms with van der Waals surface area (Å²) in [4.78, 5) is 23.2. The highest BCUT2D eigenvalue weighted by Crippen LogP contribution is 2.20. The van der Waals surface area contributed by atoms with Crippen LogP contribution in [-0.4, -0.2) is 44.9 Å². The van der Waals surface area contributed by atoms with Crippen molar-refractivity contribution in [2.45, 2.75) is 18.9 Å². The number of nitrogens with zero attached hydrogens (tertiary/aromatic N) is 1. The van der Waals surface area contributed by atoms with Crippen molar-refractivity contribution in [3.63, 3.8) is 0 Å². The van der Waals surface area contributed by atoms with Gasteiger partial charge in [0.05, 0.1) is 0 Å². The van der Waals surface area contributed by atoms with E-state index in [4.69, 9.17) is 5.11 Å². The summed E-state index contributed by atoms with van der Waals surface area (Å²) in [6.07, 6.45) is 0.917. The van der Waals surface area contributed by atoms with Crippen LogP contribution in [0.1, 0.15) is 33.0 Å². The number of carboxylic acid groups (broad SMARTS) is 1. The lowest BCUT2D eigenvalue weighted by Crippen LogP contribution is -2.37. The standard InChI is InChI=1S/C21H21N3O4/c25-11-10-17(22-20(26)18-13-19(21(27)28)24-23-18)12-14-6-8-16(9-7-14)15-4-2-1-3-5-15/h1-9,13,17,25H,10-12H2,(H,22,26)(H,23,24)(H,27,28)/t17-/m0/s1. The molecule has 28 heavy (non-hydrogen) atoms. The molecule has 0 spiro atoms. The number of H-pyrrole nitrogens is 1. The number of aliphatic hydroxyl groups is 1. The molecule has 3 aromatic rings. The number of nitrogens with one attached hydrogen (secondary N) is 2. The third kappa shape index (κ3) is 4.83. The van der Waals surface area contributed by atoms with E-state index >= 15 is 0 Å². The molecule has 0 saturated heterocycles. The Morgan fingerprint density at radius 2 is 1.71 bits per heavy atom. The number of aromatic carboxylic acids is 1. The minimum Gasteiger partial charge on any atom is -0.477 e. The lowest BCUT2D eigenvalue weighted by molar-refractivity contribution is 0.0690. The van der Waals surface area contributed by atoms with E-state index < -0.39 is 11.9 Å². The van der Waals surface area contributed by atoms with Gasteiger partial charge in [0.15, 0.2) is 5.69 Å². The zero-order valence-electron chi connectivity index (χ0n) is 15.1. The Bertz CT molecular complexity index is 936. The highest BCUT2D eigenvalue weighted by molar-refractivity contribution is 5.95. The Kier molecular flexibility index (Phi) is 6.18. The zero-order valence-corrected chi connectivity index (χ0v) is 15.1. The molecule has 0 radical (unpaired) electrons. The van der Waals surface area contributed by atoms with Gasteiger partial charge in [-0.05, 0) is 29.5 Å². The zero-order chi connectivity index (χ0) is 19.9. The molecule has 1 aromatic heterocycles. The minimum absolute atomic E-state index is 0.000217. The van der Waals surface area contributed by atoms with Crippen molar-refractivity contribution < 1.29 is 19.8 Å². The van der Waals surface area contributed by atoms with Gasteiger partial charge in [-0.25, -0.2) is 4.79 Å². The van der Waals surface area contributed by atoms with E-state index in [0.717, 1.165) is 16.7 Å². The van der Waals surface area contributed by atoms with Gasteiger partial charge in [-0.2, -0.15) is 5.10 Å². The SMILES string of the molecule is O=C(N[C@@H](CCO)Cc1ccc(-c2ccccc2)cc1)c1cc(C(=O)O)[nH]n1. The minimum atomic E-state index is -1.18. The van der Waals surface area contributed by atoms with E-state index in [2.05, 4.69) is 15.5 Å². The Balaban J connectivity index is 1.66. The van der Waals surface area contributed by atoms with Crippen LogP contribution in [0.5, 0.6) is 0 Å². The first-order valence-corrected chi connectivity index (χ1v) is 8.91. The maximum absolute atomic E-state index is 12.3. The van der Waals surface area contributed by atoms with Crippen LogP contribution in [-0.2, 0) is 6.42 Å². The molecule has 144 valence electrons. The fraction of sp³-hybridized carbons (Fsp3) is 0.190. The molecule has 0 aliphatic rings. The molecule has 0 unspecified atom stereocenters. The summed E-state index contributed by atoms with van der Waals surface area (Å²) in [7, 11) is 0. The van der Waals surface area contributed by atoms with Crippen molar-refractivity contribution in [3.8, 4) is 11.1 Å². The summed E-state index contributed by atoms with van der Waals surface area (Å²) in [6.45, 7) is -0.0754. The van der Waals surface area contributed by atoms with Crippen LogP contribution >= 0.6 is 0 Å². The van der Waals surface area contributed by atoms with Crippen molar-refractivity contribution in [1.29, 1.82) is 0 Å². The number of aromatic nitrogens is 2. The third-order valence-electron chi connectivity index (χ3n) is 4.40. The molecule has 4 N–H and O–H groups in total. The molecule has 0 aliphatic carbocycles. The fourth-order valence-electron chi connectivity index (χ4n) is 2.94. The fourth-order valence-corrected chi connectivity index (χ4v) is 2.94. The average molecular weight is 379 g/mol. The molecular formula is C21H21N3O4. The summed E-state index contributed by atoms with van der Waals surface area (Å²) in [5.41, 5.74) is 3.10. The molecule has 1 amide bonds. The third-order valence-corrected chi connectivity index (χ3v) is 4.40. The summed E-state index contributed by atoms with van der Waals surface area (Å²) >= 11 is 0. The Morgan fingerprint density at radius 1 is 1.04 bits per heavy atom. The normalized spacial score (nSPS) is 11.8. The van der Waals surface area contributed by atoms with Crippen molar-refractivity contribution in [2.75, 3.05) is 6.61 Å². The summed E-state index contributed by atoms with van der Waals surface area (Å²) in [6, 6.07) is 18.9. The number of hydrogen-bond acceptors (Lipinski definition) is 4. The van der Waals surface area contributed by atoms with Crippen molar-refractivity contribution in [1.82, 2.24) is 15.5 Å². The van der Waals surface area contributed by atoms with Gasteiger partial charge in [0, 0.05) is 18.7 Å². The van der Waals surface area contributed by atoms with Gasteiger partial charge in [0.1, 0.15) is 5.69 Å².